The SMILES string of the molecule is c1ccc(C2[N-]C(c3ccccc3)NC(c3cccc4oc5c(-c6cccc7sc8cccc(-n9c%10ccccc%10c%10ccccc%109)c8c67)cccc5c34)N2)cc1. The second kappa shape index (κ2) is 13.0. The molecule has 2 N–H and O–H groups in total. The second-order valence-corrected chi connectivity index (χ2v) is 15.9. The van der Waals surface area contributed by atoms with Gasteiger partial charge in [-0.3, -0.25) is 0 Å². The first-order chi connectivity index (χ1) is 28.3. The molecule has 5 nitrogen and oxygen atoms in total. The zero-order valence-electron chi connectivity index (χ0n) is 30.8. The molecule has 3 aromatic heterocycles. The summed E-state index contributed by atoms with van der Waals surface area (Å²) < 4.78 is 11.9. The molecule has 0 amide bonds. The van der Waals surface area contributed by atoms with Crippen LogP contribution in [0.4, 0.5) is 0 Å². The fourth-order valence-electron chi connectivity index (χ4n) is 9.18. The molecular weight excluding hydrogens is 717 g/mol. The molecule has 0 bridgehead atoms. The average molecular weight is 752 g/mol. The molecule has 57 heavy (non-hydrogen) atoms. The van der Waals surface area contributed by atoms with Crippen LogP contribution in [0, 0.1) is 0 Å². The standard InChI is InChI=1S/C51H35N4OS/c1-3-15-31(16-4-1)49-52-50(32-17-5-2-6-18-32)54-51(53-49)38-24-12-28-42-45(38)37-23-11-22-36(48(37)56-42)35-21-13-29-43-46(35)47-41(27-14-30-44(47)57-43)55-39-25-9-7-19-33(39)34-20-8-10-26-40(34)55/h1-30,49-51,53-54H/q-1. The largest absolute Gasteiger partial charge is 0.624 e. The minimum absolute atomic E-state index is 0.191. The van der Waals surface area contributed by atoms with Gasteiger partial charge in [-0.2, -0.15) is 0 Å². The fourth-order valence-corrected chi connectivity index (χ4v) is 10.3. The molecule has 0 aliphatic carbocycles. The molecule has 2 unspecified atom stereocenters. The van der Waals surface area contributed by atoms with E-state index in [0.717, 1.165) is 44.2 Å². The smallest absolute Gasteiger partial charge is 0.143 e. The van der Waals surface area contributed by atoms with E-state index < -0.39 is 0 Å². The van der Waals surface area contributed by atoms with Crippen LogP contribution in [0.1, 0.15) is 35.2 Å². The molecule has 0 radical (unpaired) electrons. The molecule has 12 rings (SSSR count). The average Bonchev–Trinajstić information content (AvgIpc) is 3.97. The lowest BCUT2D eigenvalue weighted by Crippen LogP contribution is -2.44. The van der Waals surface area contributed by atoms with Crippen LogP contribution in [0.3, 0.4) is 0 Å². The van der Waals surface area contributed by atoms with E-state index >= 15 is 0 Å². The quantitative estimate of drug-likeness (QED) is 0.184. The van der Waals surface area contributed by atoms with Crippen LogP contribution >= 0.6 is 11.3 Å². The van der Waals surface area contributed by atoms with Crippen molar-refractivity contribution < 1.29 is 4.42 Å². The number of thiophene rings is 1. The first-order valence-electron chi connectivity index (χ1n) is 19.5. The van der Waals surface area contributed by atoms with Gasteiger partial charge in [0.2, 0.25) is 0 Å². The first-order valence-corrected chi connectivity index (χ1v) is 20.3. The van der Waals surface area contributed by atoms with E-state index in [1.54, 1.807) is 0 Å². The fraction of sp³-hybridized carbons (Fsp3) is 0.0588. The van der Waals surface area contributed by atoms with Gasteiger partial charge < -0.3 is 24.9 Å². The third-order valence-corrected chi connectivity index (χ3v) is 12.8. The van der Waals surface area contributed by atoms with E-state index in [1.165, 1.54) is 53.2 Å². The van der Waals surface area contributed by atoms with Crippen molar-refractivity contribution in [3.05, 3.63) is 204 Å². The summed E-state index contributed by atoms with van der Waals surface area (Å²) in [5.74, 6) is 0. The maximum absolute atomic E-state index is 6.97. The molecule has 2 atom stereocenters. The lowest BCUT2D eigenvalue weighted by Gasteiger charge is -2.50. The number of para-hydroxylation sites is 3. The van der Waals surface area contributed by atoms with Crippen molar-refractivity contribution in [2.24, 2.45) is 0 Å². The van der Waals surface area contributed by atoms with Gasteiger partial charge in [-0.25, -0.2) is 0 Å². The number of benzene rings is 8. The molecular formula is C51H35N4OS-. The molecule has 1 saturated heterocycles. The van der Waals surface area contributed by atoms with Gasteiger partial charge in [-0.1, -0.05) is 169 Å². The Morgan fingerprint density at radius 1 is 0.474 bits per heavy atom. The van der Waals surface area contributed by atoms with Crippen molar-refractivity contribution in [1.29, 1.82) is 0 Å². The van der Waals surface area contributed by atoms with E-state index in [2.05, 4.69) is 197 Å². The Hall–Kier alpha value is -6.54. The minimum Gasteiger partial charge on any atom is -0.624 e. The van der Waals surface area contributed by atoms with E-state index in [1.807, 2.05) is 11.3 Å². The molecule has 272 valence electrons. The Bertz CT molecular complexity index is 3210. The number of fused-ring (bicyclic) bond motifs is 9. The highest BCUT2D eigenvalue weighted by atomic mass is 32.1. The molecule has 4 heterocycles. The molecule has 0 saturated carbocycles. The highest BCUT2D eigenvalue weighted by molar-refractivity contribution is 7.26. The summed E-state index contributed by atoms with van der Waals surface area (Å²) in [6, 6.07) is 65.0. The highest BCUT2D eigenvalue weighted by Crippen LogP contribution is 2.47. The number of hydrogen-bond donors (Lipinski definition) is 2. The molecule has 1 aliphatic heterocycles. The van der Waals surface area contributed by atoms with Gasteiger partial charge in [-0.05, 0) is 47.5 Å². The van der Waals surface area contributed by atoms with Crippen molar-refractivity contribution in [3.8, 4) is 16.8 Å². The van der Waals surface area contributed by atoms with Gasteiger partial charge in [0.15, 0.2) is 0 Å². The van der Waals surface area contributed by atoms with Crippen molar-refractivity contribution in [3.63, 3.8) is 0 Å². The second-order valence-electron chi connectivity index (χ2n) is 14.8. The normalized spacial score (nSPS) is 17.4. The van der Waals surface area contributed by atoms with Gasteiger partial charge in [-0.15, -0.1) is 11.3 Å². The van der Waals surface area contributed by atoms with Gasteiger partial charge >= 0.3 is 0 Å². The summed E-state index contributed by atoms with van der Waals surface area (Å²) in [5.41, 5.74) is 11.0. The molecule has 0 spiro atoms. The van der Waals surface area contributed by atoms with Gasteiger partial charge in [0.25, 0.3) is 0 Å². The van der Waals surface area contributed by atoms with Gasteiger partial charge in [0.1, 0.15) is 11.2 Å². The van der Waals surface area contributed by atoms with E-state index in [0.29, 0.717) is 0 Å². The maximum Gasteiger partial charge on any atom is 0.143 e. The van der Waals surface area contributed by atoms with Gasteiger partial charge in [0.05, 0.1) is 22.9 Å². The summed E-state index contributed by atoms with van der Waals surface area (Å²) in [5, 5.41) is 20.1. The summed E-state index contributed by atoms with van der Waals surface area (Å²) in [4.78, 5) is 0. The summed E-state index contributed by atoms with van der Waals surface area (Å²) in [6.07, 6.45) is -0.580. The molecule has 1 aliphatic rings. The predicted octanol–water partition coefficient (Wildman–Crippen LogP) is 13.7. The van der Waals surface area contributed by atoms with E-state index in [-0.39, 0.29) is 18.5 Å². The predicted molar refractivity (Wildman–Crippen MR) is 237 cm³/mol. The molecule has 6 heteroatoms. The Morgan fingerprint density at radius 3 is 1.74 bits per heavy atom. The van der Waals surface area contributed by atoms with Crippen molar-refractivity contribution >= 4 is 75.3 Å². The molecule has 8 aromatic carbocycles. The highest BCUT2D eigenvalue weighted by Gasteiger charge is 2.26. The lowest BCUT2D eigenvalue weighted by molar-refractivity contribution is 0.318. The van der Waals surface area contributed by atoms with Crippen LogP contribution < -0.4 is 10.6 Å². The maximum atomic E-state index is 6.97. The minimum atomic E-state index is -0.195. The van der Waals surface area contributed by atoms with E-state index in [9.17, 15) is 0 Å². The number of aromatic nitrogens is 1. The number of furan rings is 1. The monoisotopic (exact) mass is 751 g/mol. The van der Waals surface area contributed by atoms with Crippen LogP contribution in [0.2, 0.25) is 0 Å². The summed E-state index contributed by atoms with van der Waals surface area (Å²) in [6.45, 7) is 0. The topological polar surface area (TPSA) is 56.2 Å². The van der Waals surface area contributed by atoms with Crippen LogP contribution in [-0.4, -0.2) is 4.57 Å². The summed E-state index contributed by atoms with van der Waals surface area (Å²) in [7, 11) is 0. The Morgan fingerprint density at radius 2 is 1.04 bits per heavy atom. The Labute approximate surface area is 332 Å². The van der Waals surface area contributed by atoms with Gasteiger partial charge in [0, 0.05) is 47.3 Å². The number of hydrogen-bond acceptors (Lipinski definition) is 4. The number of nitrogens with zero attached hydrogens (tertiary/aromatic N) is 2. The Kier molecular flexibility index (Phi) is 7.46. The van der Waals surface area contributed by atoms with Crippen molar-refractivity contribution in [2.45, 2.75) is 18.5 Å². The first kappa shape index (κ1) is 32.7. The van der Waals surface area contributed by atoms with Crippen LogP contribution in [0.25, 0.3) is 86.0 Å². The van der Waals surface area contributed by atoms with Crippen molar-refractivity contribution in [2.75, 3.05) is 0 Å². The summed E-state index contributed by atoms with van der Waals surface area (Å²) >= 11 is 1.85. The number of nitrogens with one attached hydrogen (secondary N) is 2. The zero-order chi connectivity index (χ0) is 37.5. The third kappa shape index (κ3) is 5.12. The van der Waals surface area contributed by atoms with Crippen LogP contribution in [0.5, 0.6) is 0 Å². The lowest BCUT2D eigenvalue weighted by atomic mass is 9.95. The molecule has 11 aromatic rings. The molecule has 1 fully saturated rings. The van der Waals surface area contributed by atoms with Crippen LogP contribution in [0.15, 0.2) is 186 Å². The van der Waals surface area contributed by atoms with E-state index in [4.69, 9.17) is 9.73 Å². The number of rotatable bonds is 5. The third-order valence-electron chi connectivity index (χ3n) is 11.7. The zero-order valence-corrected chi connectivity index (χ0v) is 31.6. The Balaban J connectivity index is 1.06. The van der Waals surface area contributed by atoms with Crippen molar-refractivity contribution in [1.82, 2.24) is 15.2 Å². The van der Waals surface area contributed by atoms with Crippen LogP contribution in [-0.2, 0) is 0 Å².